The first-order valence-corrected chi connectivity index (χ1v) is 9.49. The first-order chi connectivity index (χ1) is 12.2. The minimum Gasteiger partial charge on any atom is -0.450 e. The van der Waals surface area contributed by atoms with E-state index >= 15 is 0 Å². The molecule has 1 aliphatic heterocycles. The van der Waals surface area contributed by atoms with Gasteiger partial charge < -0.3 is 9.72 Å². The lowest BCUT2D eigenvalue weighted by molar-refractivity contribution is -0.288. The number of ether oxygens (including phenoxy) is 1. The number of amides is 1. The maximum absolute atomic E-state index is 12.6. The van der Waals surface area contributed by atoms with Crippen LogP contribution in [0, 0.1) is 17.5 Å². The maximum atomic E-state index is 12.6. The lowest BCUT2D eigenvalue weighted by Crippen LogP contribution is -2.43. The van der Waals surface area contributed by atoms with E-state index in [1.54, 1.807) is 0 Å². The lowest BCUT2D eigenvalue weighted by atomic mass is 9.82. The summed E-state index contributed by atoms with van der Waals surface area (Å²) >= 11 is 5.36. The van der Waals surface area contributed by atoms with Crippen molar-refractivity contribution in [1.82, 2.24) is 9.88 Å². The molecule has 0 saturated carbocycles. The summed E-state index contributed by atoms with van der Waals surface area (Å²) in [4.78, 5) is 18.1. The molecule has 0 bridgehead atoms. The summed E-state index contributed by atoms with van der Waals surface area (Å²) in [6, 6.07) is 6.15. The van der Waals surface area contributed by atoms with E-state index in [-0.39, 0.29) is 12.1 Å². The molecule has 25 heavy (non-hydrogen) atoms. The fraction of sp³-hybridized carbons (Fsp3) is 0.450. The second-order valence-corrected chi connectivity index (χ2v) is 7.33. The van der Waals surface area contributed by atoms with Crippen LogP contribution in [0.3, 0.4) is 0 Å². The summed E-state index contributed by atoms with van der Waals surface area (Å²) in [5.74, 6) is 0.421. The lowest BCUT2D eigenvalue weighted by Gasteiger charge is -2.40. The summed E-state index contributed by atoms with van der Waals surface area (Å²) < 4.78 is 5.35. The Labute approximate surface area is 152 Å². The number of fused-ring (bicyclic) bond motifs is 3. The Kier molecular flexibility index (Phi) is 4.46. The number of rotatable bonds is 2. The fourth-order valence-electron chi connectivity index (χ4n) is 4.30. The Bertz CT molecular complexity index is 826. The van der Waals surface area contributed by atoms with Gasteiger partial charge in [0.25, 0.3) is 0 Å². The molecule has 2 aliphatic rings. The van der Waals surface area contributed by atoms with E-state index in [4.69, 9.17) is 16.3 Å². The SMILES string of the molecule is CCOC(=O)N1CCc2c([nH]c3ccc([ClH+])cc23)C1C1CC=CCC1. The van der Waals surface area contributed by atoms with Gasteiger partial charge in [0.15, 0.2) is 11.6 Å². The van der Waals surface area contributed by atoms with E-state index < -0.39 is 0 Å². The van der Waals surface area contributed by atoms with Crippen molar-refractivity contribution in [3.8, 4) is 0 Å². The Morgan fingerprint density at radius 3 is 3.04 bits per heavy atom. The zero-order valence-corrected chi connectivity index (χ0v) is 15.3. The third kappa shape index (κ3) is 2.93. The van der Waals surface area contributed by atoms with Crippen LogP contribution in [-0.2, 0) is 11.2 Å². The van der Waals surface area contributed by atoms with Crippen molar-refractivity contribution in [3.05, 3.63) is 46.6 Å². The number of carbonyl (C=O) groups excluding carboxylic acids is 1. The Morgan fingerprint density at radius 2 is 2.28 bits per heavy atom. The minimum absolute atomic E-state index is 0.0497. The van der Waals surface area contributed by atoms with E-state index in [0.29, 0.717) is 19.1 Å². The minimum atomic E-state index is -0.199. The summed E-state index contributed by atoms with van der Waals surface area (Å²) in [6.45, 7) is 2.97. The Morgan fingerprint density at radius 1 is 1.40 bits per heavy atom. The van der Waals surface area contributed by atoms with Crippen molar-refractivity contribution in [1.29, 1.82) is 0 Å². The van der Waals surface area contributed by atoms with Crippen LogP contribution in [0.15, 0.2) is 30.4 Å². The van der Waals surface area contributed by atoms with Crippen molar-refractivity contribution in [2.24, 2.45) is 5.92 Å². The van der Waals surface area contributed by atoms with Gasteiger partial charge in [-0.3, -0.25) is 4.90 Å². The normalized spacial score (nSPS) is 22.9. The third-order valence-electron chi connectivity index (χ3n) is 5.40. The zero-order valence-electron chi connectivity index (χ0n) is 14.5. The molecule has 0 fully saturated rings. The number of allylic oxidation sites excluding steroid dienone is 2. The highest BCUT2D eigenvalue weighted by atomic mass is 35.5. The number of benzene rings is 1. The predicted molar refractivity (Wildman–Crippen MR) is 95.5 cm³/mol. The van der Waals surface area contributed by atoms with Crippen molar-refractivity contribution < 1.29 is 21.1 Å². The van der Waals surface area contributed by atoms with Gasteiger partial charge in [0.05, 0.1) is 12.6 Å². The number of aromatic nitrogens is 1. The van der Waals surface area contributed by atoms with Crippen LogP contribution in [0.2, 0.25) is 5.02 Å². The summed E-state index contributed by atoms with van der Waals surface area (Å²) in [5.41, 5.74) is 3.61. The van der Waals surface area contributed by atoms with Crippen LogP contribution in [0.5, 0.6) is 0 Å². The summed E-state index contributed by atoms with van der Waals surface area (Å²) in [7, 11) is 0. The van der Waals surface area contributed by atoms with Crippen molar-refractivity contribution in [3.63, 3.8) is 0 Å². The monoisotopic (exact) mass is 359 g/mol. The van der Waals surface area contributed by atoms with Crippen LogP contribution in [0.25, 0.3) is 10.9 Å². The average Bonchev–Trinajstić information content (AvgIpc) is 2.99. The molecule has 1 aromatic carbocycles. The van der Waals surface area contributed by atoms with Gasteiger partial charge in [-0.2, -0.15) is 0 Å². The first-order valence-electron chi connectivity index (χ1n) is 9.09. The van der Waals surface area contributed by atoms with Gasteiger partial charge in [0.1, 0.15) is 0 Å². The van der Waals surface area contributed by atoms with Gasteiger partial charge in [-0.25, -0.2) is 4.79 Å². The maximum Gasteiger partial charge on any atom is 0.410 e. The second kappa shape index (κ2) is 6.75. The van der Waals surface area contributed by atoms with Crippen LogP contribution < -0.4 is 0 Å². The number of nitrogens with zero attached hydrogens (tertiary/aromatic N) is 1. The third-order valence-corrected chi connectivity index (χ3v) is 5.66. The number of hydrogen-bond donors (Lipinski definition) is 1. The van der Waals surface area contributed by atoms with Crippen LogP contribution in [-0.4, -0.2) is 29.1 Å². The average molecular weight is 360 g/mol. The van der Waals surface area contributed by atoms with Crippen molar-refractivity contribution in [2.75, 3.05) is 13.2 Å². The molecule has 1 aliphatic carbocycles. The molecule has 4 nitrogen and oxygen atoms in total. The molecule has 2 aromatic rings. The quantitative estimate of drug-likeness (QED) is 0.813. The Balaban J connectivity index is 1.80. The molecule has 0 radical (unpaired) electrons. The summed E-state index contributed by atoms with van der Waals surface area (Å²) in [5, 5.41) is 2.07. The van der Waals surface area contributed by atoms with Crippen molar-refractivity contribution in [2.45, 2.75) is 38.6 Å². The smallest absolute Gasteiger partial charge is 0.410 e. The fourth-order valence-corrected chi connectivity index (χ4v) is 4.49. The van der Waals surface area contributed by atoms with E-state index in [0.717, 1.165) is 36.2 Å². The molecule has 1 amide bonds. The molecular formula is C20H24ClN2O2+. The topological polar surface area (TPSA) is 45.3 Å². The molecule has 4 rings (SSSR count). The predicted octanol–water partition coefficient (Wildman–Crippen LogP) is 4.28. The number of hydrogen-bond acceptors (Lipinski definition) is 2. The standard InChI is InChI=1S/C20H24ClN2O2/c1-2-25-20(24)23-11-10-15-16-12-14(21)8-9-17(16)22-18(15)19(23)13-6-4-3-5-7-13/h3-4,8-9,12-13,19,21-22H,2,5-7,10-11H2,1H3/q+1. The molecule has 132 valence electrons. The van der Waals surface area contributed by atoms with Crippen molar-refractivity contribution >= 4 is 17.0 Å². The number of nitrogens with one attached hydrogen (secondary N) is 1. The highest BCUT2D eigenvalue weighted by Gasteiger charge is 2.39. The molecule has 2 heterocycles. The van der Waals surface area contributed by atoms with Gasteiger partial charge >= 0.3 is 6.09 Å². The van der Waals surface area contributed by atoms with Crippen LogP contribution in [0.1, 0.15) is 43.5 Å². The first kappa shape index (κ1) is 16.5. The molecule has 5 heteroatoms. The van der Waals surface area contributed by atoms with E-state index in [2.05, 4.69) is 29.3 Å². The second-order valence-electron chi connectivity index (χ2n) is 6.86. The van der Waals surface area contributed by atoms with Gasteiger partial charge in [0.2, 0.25) is 5.02 Å². The van der Waals surface area contributed by atoms with Crippen LogP contribution in [0.4, 0.5) is 4.79 Å². The molecular weight excluding hydrogens is 336 g/mol. The zero-order chi connectivity index (χ0) is 17.4. The molecule has 0 spiro atoms. The molecule has 1 aromatic heterocycles. The molecule has 2 unspecified atom stereocenters. The number of H-pyrrole nitrogens is 1. The largest absolute Gasteiger partial charge is 0.450 e. The van der Waals surface area contributed by atoms with Gasteiger partial charge in [0, 0.05) is 35.3 Å². The van der Waals surface area contributed by atoms with Gasteiger partial charge in [-0.05, 0) is 50.2 Å². The highest BCUT2D eigenvalue weighted by Crippen LogP contribution is 2.42. The van der Waals surface area contributed by atoms with E-state index in [1.165, 1.54) is 16.6 Å². The molecule has 1 N–H and O–H groups in total. The van der Waals surface area contributed by atoms with E-state index in [9.17, 15) is 4.79 Å². The number of aromatic amines is 1. The number of carbonyl (C=O) groups is 1. The molecule has 0 saturated heterocycles. The summed E-state index contributed by atoms with van der Waals surface area (Å²) in [6.07, 6.45) is 8.30. The highest BCUT2D eigenvalue weighted by molar-refractivity contribution is 5.86. The van der Waals surface area contributed by atoms with Gasteiger partial charge in [-0.15, -0.1) is 0 Å². The number of halogens is 1. The van der Waals surface area contributed by atoms with Crippen LogP contribution >= 0.6 is 0 Å². The van der Waals surface area contributed by atoms with E-state index in [1.807, 2.05) is 17.9 Å². The van der Waals surface area contributed by atoms with Gasteiger partial charge in [-0.1, -0.05) is 12.2 Å². The Hall–Kier alpha value is -1.94. The molecule has 2 atom stereocenters.